The van der Waals surface area contributed by atoms with Gasteiger partial charge in [-0.05, 0) is 91.7 Å². The molecule has 2 aromatic carbocycles. The second kappa shape index (κ2) is 10.3. The maximum absolute atomic E-state index is 11.8. The van der Waals surface area contributed by atoms with E-state index in [9.17, 15) is 9.90 Å². The van der Waals surface area contributed by atoms with E-state index in [-0.39, 0.29) is 10.1 Å². The summed E-state index contributed by atoms with van der Waals surface area (Å²) < 4.78 is 6.95. The third-order valence-corrected chi connectivity index (χ3v) is 5.97. The summed E-state index contributed by atoms with van der Waals surface area (Å²) in [5.74, 6) is 0.0448. The number of hydrogen-bond donors (Lipinski definition) is 2. The molecular formula is C20H14Br2ClN3O3S. The highest BCUT2D eigenvalue weighted by Gasteiger charge is 2.16. The zero-order chi connectivity index (χ0) is 21.7. The molecule has 154 valence electrons. The van der Waals surface area contributed by atoms with Crippen molar-refractivity contribution in [2.24, 2.45) is 0 Å². The molecule has 10 heteroatoms. The third-order valence-electron chi connectivity index (χ3n) is 3.66. The molecule has 0 saturated heterocycles. The molecule has 3 rings (SSSR count). The number of benzene rings is 2. The molecule has 30 heavy (non-hydrogen) atoms. The monoisotopic (exact) mass is 569 g/mol. The SMILES string of the molecule is C=CCOc1c(Br)cc(/C=C(\Sc2n[nH]c(-c3ccc(Cl)cc3)n2)C(=O)O)cc1Br. The molecule has 0 fully saturated rings. The molecule has 1 heterocycles. The van der Waals surface area contributed by atoms with E-state index in [2.05, 4.69) is 53.6 Å². The van der Waals surface area contributed by atoms with Crippen molar-refractivity contribution in [3.8, 4) is 17.1 Å². The van der Waals surface area contributed by atoms with E-state index >= 15 is 0 Å². The van der Waals surface area contributed by atoms with E-state index in [1.165, 1.54) is 6.08 Å². The van der Waals surface area contributed by atoms with Gasteiger partial charge < -0.3 is 9.84 Å². The molecule has 0 unspecified atom stereocenters. The average Bonchev–Trinajstić information content (AvgIpc) is 3.16. The first-order chi connectivity index (χ1) is 14.4. The summed E-state index contributed by atoms with van der Waals surface area (Å²) in [5, 5.41) is 17.4. The quantitative estimate of drug-likeness (QED) is 0.184. The van der Waals surface area contributed by atoms with Crippen molar-refractivity contribution < 1.29 is 14.6 Å². The van der Waals surface area contributed by atoms with Crippen LogP contribution < -0.4 is 4.74 Å². The van der Waals surface area contributed by atoms with Crippen molar-refractivity contribution in [3.05, 3.63) is 73.5 Å². The molecule has 2 N–H and O–H groups in total. The van der Waals surface area contributed by atoms with Crippen molar-refractivity contribution in [2.75, 3.05) is 6.61 Å². The first-order valence-corrected chi connectivity index (χ1v) is 11.2. The summed E-state index contributed by atoms with van der Waals surface area (Å²) >= 11 is 13.7. The molecule has 0 bridgehead atoms. The van der Waals surface area contributed by atoms with Crippen LogP contribution in [0.4, 0.5) is 0 Å². The number of thioether (sulfide) groups is 1. The minimum absolute atomic E-state index is 0.0650. The van der Waals surface area contributed by atoms with E-state index < -0.39 is 5.97 Å². The Balaban J connectivity index is 1.85. The molecule has 0 atom stereocenters. The van der Waals surface area contributed by atoms with Crippen LogP contribution in [0.5, 0.6) is 5.75 Å². The van der Waals surface area contributed by atoms with Crippen molar-refractivity contribution in [2.45, 2.75) is 5.16 Å². The highest BCUT2D eigenvalue weighted by Crippen LogP contribution is 2.36. The number of H-pyrrole nitrogens is 1. The van der Waals surface area contributed by atoms with Crippen molar-refractivity contribution in [1.29, 1.82) is 0 Å². The normalized spacial score (nSPS) is 11.4. The van der Waals surface area contributed by atoms with Crippen molar-refractivity contribution in [1.82, 2.24) is 15.2 Å². The van der Waals surface area contributed by atoms with Crippen LogP contribution in [0.2, 0.25) is 5.02 Å². The molecule has 0 spiro atoms. The summed E-state index contributed by atoms with van der Waals surface area (Å²) in [6.45, 7) is 3.97. The topological polar surface area (TPSA) is 88.1 Å². The number of carbonyl (C=O) groups is 1. The number of carboxylic acid groups (broad SMARTS) is 1. The van der Waals surface area contributed by atoms with Gasteiger partial charge in [-0.2, -0.15) is 0 Å². The number of nitrogens with one attached hydrogen (secondary N) is 1. The zero-order valence-electron chi connectivity index (χ0n) is 15.2. The Morgan fingerprint density at radius 3 is 2.53 bits per heavy atom. The molecular weight excluding hydrogens is 558 g/mol. The maximum atomic E-state index is 11.8. The fourth-order valence-corrected chi connectivity index (χ4v) is 4.64. The molecule has 3 aromatic rings. The number of aliphatic carboxylic acids is 1. The zero-order valence-corrected chi connectivity index (χ0v) is 20.0. The number of carboxylic acids is 1. The Hall–Kier alpha value is -2.07. The maximum Gasteiger partial charge on any atom is 0.342 e. The Kier molecular flexibility index (Phi) is 7.76. The smallest absolute Gasteiger partial charge is 0.342 e. The highest BCUT2D eigenvalue weighted by molar-refractivity contribution is 9.11. The highest BCUT2D eigenvalue weighted by atomic mass is 79.9. The fraction of sp³-hybridized carbons (Fsp3) is 0.0500. The largest absolute Gasteiger partial charge is 0.487 e. The minimum Gasteiger partial charge on any atom is -0.487 e. The van der Waals surface area contributed by atoms with E-state index in [1.807, 2.05) is 0 Å². The van der Waals surface area contributed by atoms with Crippen LogP contribution in [0.15, 0.2) is 68.1 Å². The number of rotatable bonds is 8. The lowest BCUT2D eigenvalue weighted by Gasteiger charge is -2.10. The van der Waals surface area contributed by atoms with Gasteiger partial charge in [-0.3, -0.25) is 5.10 Å². The van der Waals surface area contributed by atoms with Gasteiger partial charge in [-0.1, -0.05) is 24.3 Å². The summed E-state index contributed by atoms with van der Waals surface area (Å²) in [7, 11) is 0. The average molecular weight is 572 g/mol. The van der Waals surface area contributed by atoms with Gasteiger partial charge in [-0.15, -0.1) is 5.10 Å². The van der Waals surface area contributed by atoms with Crippen LogP contribution >= 0.6 is 55.2 Å². The van der Waals surface area contributed by atoms with E-state index in [0.29, 0.717) is 37.7 Å². The van der Waals surface area contributed by atoms with Gasteiger partial charge in [0, 0.05) is 10.6 Å². The van der Waals surface area contributed by atoms with Crippen LogP contribution in [0, 0.1) is 0 Å². The molecule has 0 aliphatic carbocycles. The number of aromatic amines is 1. The van der Waals surface area contributed by atoms with Gasteiger partial charge in [0.05, 0.1) is 8.95 Å². The lowest BCUT2D eigenvalue weighted by molar-refractivity contribution is -0.131. The number of halogens is 3. The Labute approximate surface area is 198 Å². The standard InChI is InChI=1S/C20H14Br2ClN3O3S/c1-2-7-29-17-14(21)8-11(9-15(17)22)10-16(19(27)28)30-20-24-18(25-26-20)12-3-5-13(23)6-4-12/h2-6,8-10H,1,7H2,(H,27,28)(H,24,25,26)/b16-10-. The van der Waals surface area contributed by atoms with E-state index in [1.54, 1.807) is 42.5 Å². The molecule has 1 aromatic heterocycles. The van der Waals surface area contributed by atoms with E-state index in [0.717, 1.165) is 17.3 Å². The summed E-state index contributed by atoms with van der Waals surface area (Å²) in [6.07, 6.45) is 3.18. The van der Waals surface area contributed by atoms with Crippen LogP contribution in [0.1, 0.15) is 5.56 Å². The van der Waals surface area contributed by atoms with Gasteiger partial charge in [0.1, 0.15) is 17.3 Å². The van der Waals surface area contributed by atoms with Gasteiger partial charge in [0.15, 0.2) is 5.82 Å². The van der Waals surface area contributed by atoms with Crippen LogP contribution in [-0.4, -0.2) is 32.9 Å². The third kappa shape index (κ3) is 5.75. The number of aromatic nitrogens is 3. The predicted molar refractivity (Wildman–Crippen MR) is 126 cm³/mol. The second-order valence-corrected chi connectivity index (χ2v) is 8.96. The van der Waals surface area contributed by atoms with Gasteiger partial charge in [0.2, 0.25) is 5.16 Å². The molecule has 0 radical (unpaired) electrons. The summed E-state index contributed by atoms with van der Waals surface area (Å²) in [6, 6.07) is 10.6. The lowest BCUT2D eigenvalue weighted by atomic mass is 10.2. The van der Waals surface area contributed by atoms with Gasteiger partial charge in [-0.25, -0.2) is 9.78 Å². The molecule has 0 amide bonds. The summed E-state index contributed by atoms with van der Waals surface area (Å²) in [4.78, 5) is 16.2. The molecule has 6 nitrogen and oxygen atoms in total. The molecule has 0 aliphatic heterocycles. The van der Waals surface area contributed by atoms with Gasteiger partial charge in [0.25, 0.3) is 0 Å². The second-order valence-electron chi connectivity index (χ2n) is 5.80. The lowest BCUT2D eigenvalue weighted by Crippen LogP contribution is -1.98. The van der Waals surface area contributed by atoms with Gasteiger partial charge >= 0.3 is 5.97 Å². The molecule has 0 aliphatic rings. The van der Waals surface area contributed by atoms with Crippen LogP contribution in [0.25, 0.3) is 17.5 Å². The number of ether oxygens (including phenoxy) is 1. The first kappa shape index (κ1) is 22.6. The number of hydrogen-bond acceptors (Lipinski definition) is 5. The van der Waals surface area contributed by atoms with Crippen molar-refractivity contribution in [3.63, 3.8) is 0 Å². The predicted octanol–water partition coefficient (Wildman–Crippen LogP) is 6.43. The Morgan fingerprint density at radius 1 is 1.27 bits per heavy atom. The Bertz CT molecular complexity index is 1090. The fourth-order valence-electron chi connectivity index (χ4n) is 2.36. The summed E-state index contributed by atoms with van der Waals surface area (Å²) in [5.41, 5.74) is 1.46. The number of nitrogens with zero attached hydrogens (tertiary/aromatic N) is 2. The van der Waals surface area contributed by atoms with Crippen LogP contribution in [-0.2, 0) is 4.79 Å². The molecule has 0 saturated carbocycles. The Morgan fingerprint density at radius 2 is 1.93 bits per heavy atom. The van der Waals surface area contributed by atoms with Crippen LogP contribution in [0.3, 0.4) is 0 Å². The minimum atomic E-state index is -1.09. The van der Waals surface area contributed by atoms with E-state index in [4.69, 9.17) is 16.3 Å². The van der Waals surface area contributed by atoms with Crippen molar-refractivity contribution >= 4 is 67.3 Å². The first-order valence-electron chi connectivity index (χ1n) is 8.41.